The quantitative estimate of drug-likeness (QED) is 0.163. The number of alkyl halides is 2. The van der Waals surface area contributed by atoms with Crippen molar-refractivity contribution in [2.75, 3.05) is 4.90 Å². The van der Waals surface area contributed by atoms with Crippen molar-refractivity contribution in [2.45, 2.75) is 90.0 Å². The lowest BCUT2D eigenvalue weighted by molar-refractivity contribution is 0.0175. The van der Waals surface area contributed by atoms with Gasteiger partial charge >= 0.3 is 0 Å². The van der Waals surface area contributed by atoms with Gasteiger partial charge in [0, 0.05) is 35.9 Å². The number of nitrogens with zero attached hydrogens (tertiary/aromatic N) is 1. The summed E-state index contributed by atoms with van der Waals surface area (Å²) in [5, 5.41) is 4.88. The molecular weight excluding hydrogens is 677 g/mol. The van der Waals surface area contributed by atoms with E-state index in [0.717, 1.165) is 25.5 Å². The summed E-state index contributed by atoms with van der Waals surface area (Å²) in [5.74, 6) is -2.67. The normalized spacial score (nSPS) is 17.0. The van der Waals surface area contributed by atoms with Gasteiger partial charge < -0.3 is 4.90 Å². The smallest absolute Gasteiger partial charge is 0.270 e. The van der Waals surface area contributed by atoms with Crippen molar-refractivity contribution in [3.63, 3.8) is 0 Å². The van der Waals surface area contributed by atoms with Gasteiger partial charge in [0.2, 0.25) is 0 Å². The molecule has 1 heterocycles. The van der Waals surface area contributed by atoms with E-state index in [-0.39, 0.29) is 28.4 Å². The highest BCUT2D eigenvalue weighted by atomic mass is 19.3. The molecule has 276 valence electrons. The highest BCUT2D eigenvalue weighted by molar-refractivity contribution is 6.16. The fourth-order valence-electron chi connectivity index (χ4n) is 9.22. The maximum absolute atomic E-state index is 14.4. The Hall–Kier alpha value is -5.28. The first-order valence-corrected chi connectivity index (χ1v) is 19.7. The van der Waals surface area contributed by atoms with Crippen molar-refractivity contribution >= 4 is 32.9 Å². The highest BCUT2D eigenvalue weighted by Crippen LogP contribution is 2.53. The molecule has 0 saturated carbocycles. The lowest BCUT2D eigenvalue weighted by Gasteiger charge is -2.32. The maximum Gasteiger partial charge on any atom is 0.270 e. The minimum Gasteiger partial charge on any atom is -0.333 e. The Balaban J connectivity index is 1.15. The van der Waals surface area contributed by atoms with Gasteiger partial charge in [-0.05, 0) is 95.6 Å². The summed E-state index contributed by atoms with van der Waals surface area (Å²) in [4.78, 5) is 2.41. The van der Waals surface area contributed by atoms with Crippen molar-refractivity contribution in [1.29, 1.82) is 0 Å². The van der Waals surface area contributed by atoms with Crippen LogP contribution in [-0.4, -0.2) is 0 Å². The largest absolute Gasteiger partial charge is 0.333 e. The Kier molecular flexibility index (Phi) is 8.14. The molecule has 1 aliphatic heterocycles. The number of hydrogen-bond acceptors (Lipinski definition) is 1. The molecule has 2 aliphatic rings. The molecule has 0 N–H and O–H groups in total. The number of benzene rings is 7. The van der Waals surface area contributed by atoms with Crippen LogP contribution in [0.1, 0.15) is 105 Å². The zero-order valence-corrected chi connectivity index (χ0v) is 33.0. The summed E-state index contributed by atoms with van der Waals surface area (Å²) in [6, 6.07) is 47.8. The van der Waals surface area contributed by atoms with Gasteiger partial charge in [0.25, 0.3) is 5.92 Å². The molecule has 3 heteroatoms. The van der Waals surface area contributed by atoms with Gasteiger partial charge in [0.15, 0.2) is 0 Å². The van der Waals surface area contributed by atoms with Crippen LogP contribution in [0.15, 0.2) is 133 Å². The van der Waals surface area contributed by atoms with Crippen LogP contribution in [0.4, 0.5) is 20.2 Å². The van der Waals surface area contributed by atoms with E-state index >= 15 is 0 Å². The second-order valence-electron chi connectivity index (χ2n) is 18.0. The Morgan fingerprint density at radius 2 is 1.04 bits per heavy atom. The molecule has 55 heavy (non-hydrogen) atoms. The number of fused-ring (bicyclic) bond motifs is 9. The van der Waals surface area contributed by atoms with Gasteiger partial charge in [0.1, 0.15) is 0 Å². The molecule has 0 bridgehead atoms. The Morgan fingerprint density at radius 1 is 0.509 bits per heavy atom. The molecule has 0 spiro atoms. The molecule has 9 rings (SSSR count). The summed E-state index contributed by atoms with van der Waals surface area (Å²) in [6.07, 6.45) is 1.77. The number of anilines is 2. The van der Waals surface area contributed by atoms with E-state index in [0.29, 0.717) is 0 Å². The lowest BCUT2D eigenvalue weighted by Crippen LogP contribution is -2.20. The number of rotatable bonds is 4. The average Bonchev–Trinajstić information content (AvgIpc) is 3.58. The van der Waals surface area contributed by atoms with Crippen LogP contribution in [0.2, 0.25) is 0 Å². The zero-order valence-electron chi connectivity index (χ0n) is 33.0. The van der Waals surface area contributed by atoms with Crippen molar-refractivity contribution in [1.82, 2.24) is 0 Å². The van der Waals surface area contributed by atoms with E-state index < -0.39 is 5.92 Å². The monoisotopic (exact) mass is 725 g/mol. The predicted octanol–water partition coefficient (Wildman–Crippen LogP) is 14.5. The van der Waals surface area contributed by atoms with E-state index in [1.165, 1.54) is 77.3 Å². The van der Waals surface area contributed by atoms with E-state index in [9.17, 15) is 8.78 Å². The first kappa shape index (κ1) is 35.4. The molecule has 0 aromatic heterocycles. The summed E-state index contributed by atoms with van der Waals surface area (Å²) in [5.41, 5.74) is 14.3. The minimum atomic E-state index is -2.90. The van der Waals surface area contributed by atoms with E-state index in [1.807, 2.05) is 12.1 Å². The SMILES string of the molecule is CC(C)(C)c1ccc2c(c1)-c1cc(C(C)(C)C)ccc1[C@@H](c1ccc(C3Cc4c(c5ccccc5c5ccccc45)N3c3ccc(C(C)(F)F)cc3)cc1)C2. The third kappa shape index (κ3) is 6.04. The highest BCUT2D eigenvalue weighted by Gasteiger charge is 2.36. The van der Waals surface area contributed by atoms with E-state index in [4.69, 9.17) is 0 Å². The van der Waals surface area contributed by atoms with Gasteiger partial charge in [-0.2, -0.15) is 0 Å². The molecule has 1 nitrogen and oxygen atoms in total. The minimum absolute atomic E-state index is 0.00391. The second-order valence-corrected chi connectivity index (χ2v) is 18.0. The predicted molar refractivity (Wildman–Crippen MR) is 227 cm³/mol. The molecule has 1 aliphatic carbocycles. The third-order valence-corrected chi connectivity index (χ3v) is 12.3. The summed E-state index contributed by atoms with van der Waals surface area (Å²) >= 11 is 0. The van der Waals surface area contributed by atoms with E-state index in [2.05, 4.69) is 156 Å². The van der Waals surface area contributed by atoms with Gasteiger partial charge in [-0.1, -0.05) is 163 Å². The van der Waals surface area contributed by atoms with Crippen LogP contribution in [-0.2, 0) is 29.6 Å². The molecular formula is C52H49F2N. The van der Waals surface area contributed by atoms with Crippen molar-refractivity contribution in [3.8, 4) is 11.1 Å². The van der Waals surface area contributed by atoms with Crippen LogP contribution < -0.4 is 4.90 Å². The van der Waals surface area contributed by atoms with Crippen LogP contribution in [0.5, 0.6) is 0 Å². The average molecular weight is 726 g/mol. The van der Waals surface area contributed by atoms with Crippen LogP contribution >= 0.6 is 0 Å². The molecule has 0 fully saturated rings. The molecule has 1 unspecified atom stereocenters. The number of hydrogen-bond donors (Lipinski definition) is 0. The van der Waals surface area contributed by atoms with Crippen molar-refractivity contribution in [2.24, 2.45) is 0 Å². The van der Waals surface area contributed by atoms with E-state index in [1.54, 1.807) is 12.1 Å². The molecule has 0 amide bonds. The molecule has 0 saturated heterocycles. The van der Waals surface area contributed by atoms with Crippen LogP contribution in [0.3, 0.4) is 0 Å². The third-order valence-electron chi connectivity index (χ3n) is 12.3. The Labute approximate surface area is 324 Å². The van der Waals surface area contributed by atoms with Gasteiger partial charge in [-0.25, -0.2) is 8.78 Å². The summed E-state index contributed by atoms with van der Waals surface area (Å²) in [7, 11) is 0. The molecule has 7 aromatic carbocycles. The number of halogens is 2. The summed E-state index contributed by atoms with van der Waals surface area (Å²) < 4.78 is 28.8. The van der Waals surface area contributed by atoms with Crippen LogP contribution in [0.25, 0.3) is 32.7 Å². The molecule has 2 atom stereocenters. The standard InChI is InChI=1S/C52H49F2N/c1-50(2,3)36-21-20-34-28-44(42-27-24-37(51(4,5)6)30-46(42)45(34)29-36)32-16-18-33(19-17-32)48-31-47-41-14-9-8-12-39(41)40-13-10-11-15-43(40)49(47)55(48)38-25-22-35(23-26-38)52(7,53)54/h8-27,29-30,44,48H,28,31H2,1-7H3/t44-,48?/m1/s1. The fraction of sp³-hybridized carbons (Fsp3) is 0.269. The first-order valence-electron chi connectivity index (χ1n) is 19.7. The van der Waals surface area contributed by atoms with Crippen molar-refractivity contribution in [3.05, 3.63) is 178 Å². The van der Waals surface area contributed by atoms with Crippen LogP contribution in [0, 0.1) is 0 Å². The van der Waals surface area contributed by atoms with Gasteiger partial charge in [-0.3, -0.25) is 0 Å². The fourth-order valence-corrected chi connectivity index (χ4v) is 9.22. The first-order chi connectivity index (χ1) is 26.2. The topological polar surface area (TPSA) is 3.24 Å². The van der Waals surface area contributed by atoms with Crippen molar-refractivity contribution < 1.29 is 8.78 Å². The zero-order chi connectivity index (χ0) is 38.4. The lowest BCUT2D eigenvalue weighted by atomic mass is 9.72. The molecule has 0 radical (unpaired) electrons. The Bertz CT molecular complexity index is 2600. The van der Waals surface area contributed by atoms with Gasteiger partial charge in [-0.15, -0.1) is 0 Å². The van der Waals surface area contributed by atoms with Gasteiger partial charge in [0.05, 0.1) is 11.7 Å². The Morgan fingerprint density at radius 3 is 1.65 bits per heavy atom. The molecule has 7 aromatic rings. The maximum atomic E-state index is 14.4. The summed E-state index contributed by atoms with van der Waals surface area (Å²) in [6.45, 7) is 14.7. The second kappa shape index (κ2) is 12.6.